The molecule has 1 aromatic rings. The van der Waals surface area contributed by atoms with Gasteiger partial charge in [0.05, 0.1) is 0 Å². The second-order valence-electron chi connectivity index (χ2n) is 5.10. The van der Waals surface area contributed by atoms with Crippen LogP contribution in [0.5, 0.6) is 0 Å². The van der Waals surface area contributed by atoms with E-state index in [4.69, 9.17) is 5.73 Å². The smallest absolute Gasteiger partial charge is 0.123 e. The number of hydrogen-bond acceptors (Lipinski definition) is 2. The Kier molecular flexibility index (Phi) is 5.59. The first kappa shape index (κ1) is 14.1. The summed E-state index contributed by atoms with van der Waals surface area (Å²) in [4.78, 5) is 2.23. The van der Waals surface area contributed by atoms with Gasteiger partial charge in [0.15, 0.2) is 0 Å². The van der Waals surface area contributed by atoms with E-state index in [0.717, 1.165) is 18.7 Å². The van der Waals surface area contributed by atoms with E-state index in [1.807, 2.05) is 0 Å². The molecule has 0 fully saturated rings. The molecular weight excluding hydrogens is 215 g/mol. The van der Waals surface area contributed by atoms with Gasteiger partial charge >= 0.3 is 0 Å². The zero-order chi connectivity index (χ0) is 12.8. The van der Waals surface area contributed by atoms with Gasteiger partial charge in [-0.1, -0.05) is 26.0 Å². The summed E-state index contributed by atoms with van der Waals surface area (Å²) in [6.45, 7) is 6.28. The highest BCUT2D eigenvalue weighted by atomic mass is 19.1. The molecule has 96 valence electrons. The van der Waals surface area contributed by atoms with Crippen LogP contribution >= 0.6 is 0 Å². The molecule has 1 atom stereocenters. The minimum Gasteiger partial charge on any atom is -0.323 e. The molecule has 0 aliphatic rings. The van der Waals surface area contributed by atoms with Crippen molar-refractivity contribution in [3.05, 3.63) is 35.6 Å². The number of nitrogens with two attached hydrogens (primary N) is 1. The Morgan fingerprint density at radius 2 is 1.82 bits per heavy atom. The Hall–Kier alpha value is -0.930. The Balaban J connectivity index is 2.42. The molecule has 2 N–H and O–H groups in total. The summed E-state index contributed by atoms with van der Waals surface area (Å²) in [6, 6.07) is 6.40. The lowest BCUT2D eigenvalue weighted by Crippen LogP contribution is -2.30. The molecule has 2 nitrogen and oxygen atoms in total. The quantitative estimate of drug-likeness (QED) is 0.825. The van der Waals surface area contributed by atoms with Crippen LogP contribution in [0.2, 0.25) is 0 Å². The molecule has 17 heavy (non-hydrogen) atoms. The molecule has 0 radical (unpaired) electrons. The monoisotopic (exact) mass is 238 g/mol. The van der Waals surface area contributed by atoms with E-state index in [0.29, 0.717) is 5.92 Å². The highest BCUT2D eigenvalue weighted by Crippen LogP contribution is 2.12. The van der Waals surface area contributed by atoms with Crippen LogP contribution in [0.3, 0.4) is 0 Å². The second-order valence-corrected chi connectivity index (χ2v) is 5.10. The molecule has 1 rings (SSSR count). The number of nitrogens with zero attached hydrogens (tertiary/aromatic N) is 1. The lowest BCUT2D eigenvalue weighted by Gasteiger charge is -2.22. The van der Waals surface area contributed by atoms with Crippen molar-refractivity contribution in [2.45, 2.75) is 26.3 Å². The minimum atomic E-state index is -0.214. The number of benzene rings is 1. The van der Waals surface area contributed by atoms with Gasteiger partial charge in [0.1, 0.15) is 5.82 Å². The van der Waals surface area contributed by atoms with Gasteiger partial charge < -0.3 is 10.6 Å². The summed E-state index contributed by atoms with van der Waals surface area (Å²) in [5.41, 5.74) is 7.08. The van der Waals surface area contributed by atoms with Crippen molar-refractivity contribution in [3.8, 4) is 0 Å². The first-order valence-corrected chi connectivity index (χ1v) is 6.18. The Morgan fingerprint density at radius 1 is 1.24 bits per heavy atom. The summed E-state index contributed by atoms with van der Waals surface area (Å²) in [5.74, 6) is 0.494. The predicted octanol–water partition coefficient (Wildman–Crippen LogP) is 2.80. The van der Waals surface area contributed by atoms with E-state index in [9.17, 15) is 4.39 Å². The van der Waals surface area contributed by atoms with Crippen LogP contribution in [-0.4, -0.2) is 25.0 Å². The van der Waals surface area contributed by atoms with E-state index in [2.05, 4.69) is 25.8 Å². The van der Waals surface area contributed by atoms with Crippen molar-refractivity contribution in [1.82, 2.24) is 4.90 Å². The first-order valence-electron chi connectivity index (χ1n) is 6.18. The number of rotatable bonds is 6. The molecule has 0 bridgehead atoms. The van der Waals surface area contributed by atoms with Gasteiger partial charge in [0.2, 0.25) is 0 Å². The second kappa shape index (κ2) is 6.72. The fourth-order valence-corrected chi connectivity index (χ4v) is 1.72. The average molecular weight is 238 g/mol. The SMILES string of the molecule is CC(C)CCN(C)CC(N)c1ccc(F)cc1. The zero-order valence-corrected chi connectivity index (χ0v) is 11.0. The third-order valence-corrected chi connectivity index (χ3v) is 2.89. The molecule has 1 unspecified atom stereocenters. The summed E-state index contributed by atoms with van der Waals surface area (Å²) in [6.07, 6.45) is 1.17. The molecule has 3 heteroatoms. The third-order valence-electron chi connectivity index (χ3n) is 2.89. The van der Waals surface area contributed by atoms with Crippen molar-refractivity contribution in [3.63, 3.8) is 0 Å². The predicted molar refractivity (Wildman–Crippen MR) is 70.3 cm³/mol. The molecule has 0 aliphatic carbocycles. The topological polar surface area (TPSA) is 29.3 Å². The molecule has 0 aromatic heterocycles. The van der Waals surface area contributed by atoms with Crippen molar-refractivity contribution in [1.29, 1.82) is 0 Å². The molecule has 1 aromatic carbocycles. The van der Waals surface area contributed by atoms with Crippen LogP contribution in [0.25, 0.3) is 0 Å². The normalized spacial score (nSPS) is 13.4. The molecule has 0 saturated carbocycles. The highest BCUT2D eigenvalue weighted by molar-refractivity contribution is 5.19. The maximum absolute atomic E-state index is 12.8. The van der Waals surface area contributed by atoms with Crippen molar-refractivity contribution < 1.29 is 4.39 Å². The first-order chi connectivity index (χ1) is 7.99. The zero-order valence-electron chi connectivity index (χ0n) is 11.0. The number of likely N-dealkylation sites (N-methyl/N-ethyl adjacent to an activating group) is 1. The summed E-state index contributed by atoms with van der Waals surface area (Å²) >= 11 is 0. The van der Waals surface area contributed by atoms with Gasteiger partial charge in [-0.25, -0.2) is 4.39 Å². The molecule has 0 spiro atoms. The van der Waals surface area contributed by atoms with Crippen LogP contribution in [-0.2, 0) is 0 Å². The van der Waals surface area contributed by atoms with Gasteiger partial charge in [-0.05, 0) is 43.6 Å². The van der Waals surface area contributed by atoms with E-state index in [1.165, 1.54) is 18.6 Å². The van der Waals surface area contributed by atoms with Crippen LogP contribution in [0.15, 0.2) is 24.3 Å². The largest absolute Gasteiger partial charge is 0.323 e. The summed E-state index contributed by atoms with van der Waals surface area (Å²) in [5, 5.41) is 0. The van der Waals surface area contributed by atoms with Crippen LogP contribution < -0.4 is 5.73 Å². The van der Waals surface area contributed by atoms with E-state index < -0.39 is 0 Å². The third kappa shape index (κ3) is 5.29. The van der Waals surface area contributed by atoms with Crippen LogP contribution in [0.1, 0.15) is 31.9 Å². The molecular formula is C14H23FN2. The van der Waals surface area contributed by atoms with E-state index in [1.54, 1.807) is 12.1 Å². The summed E-state index contributed by atoms with van der Waals surface area (Å²) < 4.78 is 12.8. The van der Waals surface area contributed by atoms with Crippen molar-refractivity contribution in [2.75, 3.05) is 20.1 Å². The van der Waals surface area contributed by atoms with E-state index in [-0.39, 0.29) is 11.9 Å². The van der Waals surface area contributed by atoms with Gasteiger partial charge in [-0.2, -0.15) is 0 Å². The maximum Gasteiger partial charge on any atom is 0.123 e. The van der Waals surface area contributed by atoms with Crippen LogP contribution in [0.4, 0.5) is 4.39 Å². The van der Waals surface area contributed by atoms with Gasteiger partial charge in [0, 0.05) is 12.6 Å². The standard InChI is InChI=1S/C14H23FN2/c1-11(2)8-9-17(3)10-14(16)12-4-6-13(15)7-5-12/h4-7,11,14H,8-10,16H2,1-3H3. The van der Waals surface area contributed by atoms with Gasteiger partial charge in [-0.3, -0.25) is 0 Å². The molecule has 0 saturated heterocycles. The fraction of sp³-hybridized carbons (Fsp3) is 0.571. The Morgan fingerprint density at radius 3 is 2.35 bits per heavy atom. The summed E-state index contributed by atoms with van der Waals surface area (Å²) in [7, 11) is 2.08. The number of halogens is 1. The fourth-order valence-electron chi connectivity index (χ4n) is 1.72. The molecule has 0 aliphatic heterocycles. The lowest BCUT2D eigenvalue weighted by atomic mass is 10.1. The number of hydrogen-bond donors (Lipinski definition) is 1. The lowest BCUT2D eigenvalue weighted by molar-refractivity contribution is 0.293. The Bertz CT molecular complexity index is 321. The van der Waals surface area contributed by atoms with Crippen molar-refractivity contribution in [2.24, 2.45) is 11.7 Å². The molecule has 0 amide bonds. The molecule has 0 heterocycles. The van der Waals surface area contributed by atoms with Gasteiger partial charge in [0.25, 0.3) is 0 Å². The maximum atomic E-state index is 12.8. The average Bonchev–Trinajstić information content (AvgIpc) is 2.27. The Labute approximate surface area is 104 Å². The van der Waals surface area contributed by atoms with Crippen LogP contribution in [0, 0.1) is 11.7 Å². The van der Waals surface area contributed by atoms with Crippen molar-refractivity contribution >= 4 is 0 Å². The van der Waals surface area contributed by atoms with E-state index >= 15 is 0 Å². The van der Waals surface area contributed by atoms with Gasteiger partial charge in [-0.15, -0.1) is 0 Å². The minimum absolute atomic E-state index is 0.0484. The highest BCUT2D eigenvalue weighted by Gasteiger charge is 2.09.